The number of benzene rings is 1. The van der Waals surface area contributed by atoms with E-state index in [4.69, 9.17) is 0 Å². The number of hydrogen-bond donors (Lipinski definition) is 0. The summed E-state index contributed by atoms with van der Waals surface area (Å²) in [5.41, 5.74) is 2.10. The fraction of sp³-hybridized carbons (Fsp3) is 0.455. The van der Waals surface area contributed by atoms with Crippen LogP contribution in [0.1, 0.15) is 29.5 Å². The summed E-state index contributed by atoms with van der Waals surface area (Å²) in [6.45, 7) is 4.01. The molecule has 0 atom stereocenters. The SMILES string of the molecule is Cc1cc(C2(F)CC2)cc(C)c1Br. The zero-order valence-electron chi connectivity index (χ0n) is 7.82. The van der Waals surface area contributed by atoms with Gasteiger partial charge in [0.2, 0.25) is 0 Å². The summed E-state index contributed by atoms with van der Waals surface area (Å²) in [4.78, 5) is 0. The largest absolute Gasteiger partial charge is 0.239 e. The topological polar surface area (TPSA) is 0 Å². The summed E-state index contributed by atoms with van der Waals surface area (Å²) in [5, 5.41) is 0. The maximum atomic E-state index is 13.7. The molecule has 1 aliphatic carbocycles. The van der Waals surface area contributed by atoms with Gasteiger partial charge in [-0.1, -0.05) is 28.1 Å². The Kier molecular flexibility index (Phi) is 1.99. The maximum Gasteiger partial charge on any atom is 0.136 e. The van der Waals surface area contributed by atoms with Gasteiger partial charge >= 0.3 is 0 Å². The van der Waals surface area contributed by atoms with Crippen molar-refractivity contribution in [3.63, 3.8) is 0 Å². The van der Waals surface area contributed by atoms with E-state index in [1.807, 2.05) is 26.0 Å². The van der Waals surface area contributed by atoms with Crippen molar-refractivity contribution in [1.29, 1.82) is 0 Å². The lowest BCUT2D eigenvalue weighted by atomic mass is 10.0. The first-order chi connectivity index (χ1) is 6.03. The molecule has 0 N–H and O–H groups in total. The van der Waals surface area contributed by atoms with Crippen LogP contribution in [-0.4, -0.2) is 0 Å². The first-order valence-corrected chi connectivity index (χ1v) is 5.28. The van der Waals surface area contributed by atoms with Crippen LogP contribution in [0.3, 0.4) is 0 Å². The molecule has 0 nitrogen and oxygen atoms in total. The minimum atomic E-state index is -1.00. The second-order valence-electron chi connectivity index (χ2n) is 3.89. The van der Waals surface area contributed by atoms with Crippen LogP contribution in [-0.2, 0) is 5.67 Å². The Morgan fingerprint density at radius 2 is 1.69 bits per heavy atom. The van der Waals surface area contributed by atoms with Gasteiger partial charge in [-0.05, 0) is 43.4 Å². The van der Waals surface area contributed by atoms with Gasteiger partial charge in [-0.2, -0.15) is 0 Å². The first-order valence-electron chi connectivity index (χ1n) is 4.49. The molecule has 0 aliphatic heterocycles. The maximum absolute atomic E-state index is 13.7. The van der Waals surface area contributed by atoms with Gasteiger partial charge < -0.3 is 0 Å². The molecule has 1 aliphatic rings. The molecular weight excluding hydrogens is 231 g/mol. The highest BCUT2D eigenvalue weighted by Gasteiger charge is 2.45. The van der Waals surface area contributed by atoms with E-state index in [0.717, 1.165) is 21.2 Å². The quantitative estimate of drug-likeness (QED) is 0.698. The third-order valence-corrected chi connectivity index (χ3v) is 3.89. The summed E-state index contributed by atoms with van der Waals surface area (Å²) in [5.74, 6) is 0. The minimum Gasteiger partial charge on any atom is -0.239 e. The lowest BCUT2D eigenvalue weighted by molar-refractivity contribution is 0.317. The molecule has 70 valence electrons. The normalized spacial score (nSPS) is 18.8. The average molecular weight is 243 g/mol. The van der Waals surface area contributed by atoms with Gasteiger partial charge in [-0.3, -0.25) is 0 Å². The summed E-state index contributed by atoms with van der Waals surface area (Å²) in [6, 6.07) is 3.90. The van der Waals surface area contributed by atoms with Gasteiger partial charge in [0, 0.05) is 4.47 Å². The van der Waals surface area contributed by atoms with Gasteiger partial charge in [-0.25, -0.2) is 4.39 Å². The van der Waals surface area contributed by atoms with Gasteiger partial charge in [0.15, 0.2) is 0 Å². The number of aryl methyl sites for hydroxylation is 2. The number of hydrogen-bond acceptors (Lipinski definition) is 0. The molecule has 0 spiro atoms. The molecule has 0 heterocycles. The van der Waals surface area contributed by atoms with E-state index in [0.29, 0.717) is 12.8 Å². The van der Waals surface area contributed by atoms with Crippen LogP contribution in [0, 0.1) is 13.8 Å². The van der Waals surface area contributed by atoms with Crippen molar-refractivity contribution in [2.45, 2.75) is 32.4 Å². The fourth-order valence-corrected chi connectivity index (χ4v) is 1.83. The predicted molar refractivity (Wildman–Crippen MR) is 55.6 cm³/mol. The number of halogens is 2. The molecule has 1 fully saturated rings. The van der Waals surface area contributed by atoms with Crippen molar-refractivity contribution in [2.24, 2.45) is 0 Å². The van der Waals surface area contributed by atoms with Gasteiger partial charge in [0.1, 0.15) is 5.67 Å². The van der Waals surface area contributed by atoms with Crippen LogP contribution in [0.5, 0.6) is 0 Å². The Morgan fingerprint density at radius 1 is 1.23 bits per heavy atom. The number of rotatable bonds is 1. The molecule has 2 heteroatoms. The van der Waals surface area contributed by atoms with E-state index in [1.165, 1.54) is 0 Å². The Labute approximate surface area is 86.3 Å². The third-order valence-electron chi connectivity index (χ3n) is 2.64. The first kappa shape index (κ1) is 9.20. The Hall–Kier alpha value is -0.370. The van der Waals surface area contributed by atoms with Gasteiger partial charge in [-0.15, -0.1) is 0 Å². The van der Waals surface area contributed by atoms with Crippen LogP contribution in [0.4, 0.5) is 4.39 Å². The van der Waals surface area contributed by atoms with E-state index in [2.05, 4.69) is 15.9 Å². The van der Waals surface area contributed by atoms with Crippen molar-refractivity contribution >= 4 is 15.9 Å². The molecule has 1 saturated carbocycles. The molecule has 0 bridgehead atoms. The third kappa shape index (κ3) is 1.52. The highest BCUT2D eigenvalue weighted by molar-refractivity contribution is 9.10. The predicted octanol–water partition coefficient (Wildman–Crippen LogP) is 4.02. The summed E-state index contributed by atoms with van der Waals surface area (Å²) < 4.78 is 14.8. The molecule has 13 heavy (non-hydrogen) atoms. The van der Waals surface area contributed by atoms with Crippen molar-refractivity contribution in [3.05, 3.63) is 33.3 Å². The van der Waals surface area contributed by atoms with Crippen molar-refractivity contribution in [2.75, 3.05) is 0 Å². The molecule has 0 saturated heterocycles. The molecule has 1 aromatic rings. The van der Waals surface area contributed by atoms with E-state index in [-0.39, 0.29) is 0 Å². The summed E-state index contributed by atoms with van der Waals surface area (Å²) in [6.07, 6.45) is 1.38. The van der Waals surface area contributed by atoms with Crippen LogP contribution in [0.2, 0.25) is 0 Å². The lowest BCUT2D eigenvalue weighted by Crippen LogP contribution is -1.99. The smallest absolute Gasteiger partial charge is 0.136 e. The monoisotopic (exact) mass is 242 g/mol. The molecule has 0 amide bonds. The highest BCUT2D eigenvalue weighted by atomic mass is 79.9. The Bertz CT molecular complexity index is 330. The molecule has 0 radical (unpaired) electrons. The summed E-state index contributed by atoms with van der Waals surface area (Å²) in [7, 11) is 0. The van der Waals surface area contributed by atoms with Gasteiger partial charge in [0.05, 0.1) is 0 Å². The fourth-order valence-electron chi connectivity index (χ4n) is 1.60. The molecule has 2 rings (SSSR count). The van der Waals surface area contributed by atoms with Crippen LogP contribution in [0.25, 0.3) is 0 Å². The van der Waals surface area contributed by atoms with E-state index >= 15 is 0 Å². The van der Waals surface area contributed by atoms with Crippen LogP contribution in [0.15, 0.2) is 16.6 Å². The lowest BCUT2D eigenvalue weighted by Gasteiger charge is -2.10. The van der Waals surface area contributed by atoms with E-state index < -0.39 is 5.67 Å². The zero-order valence-corrected chi connectivity index (χ0v) is 9.41. The standard InChI is InChI=1S/C11H12BrF/c1-7-5-9(11(13)3-4-11)6-8(2)10(7)12/h5-6H,3-4H2,1-2H3. The Balaban J connectivity index is 2.50. The molecular formula is C11H12BrF. The second-order valence-corrected chi connectivity index (χ2v) is 4.68. The van der Waals surface area contributed by atoms with Crippen molar-refractivity contribution in [1.82, 2.24) is 0 Å². The summed E-state index contributed by atoms with van der Waals surface area (Å²) >= 11 is 3.48. The van der Waals surface area contributed by atoms with E-state index in [9.17, 15) is 4.39 Å². The Morgan fingerprint density at radius 3 is 2.08 bits per heavy atom. The van der Waals surface area contributed by atoms with Crippen LogP contribution >= 0.6 is 15.9 Å². The number of alkyl halides is 1. The second kappa shape index (κ2) is 2.81. The van der Waals surface area contributed by atoms with E-state index in [1.54, 1.807) is 0 Å². The molecule has 1 aromatic carbocycles. The minimum absolute atomic E-state index is 0.688. The zero-order chi connectivity index (χ0) is 9.64. The molecule has 0 unspecified atom stereocenters. The van der Waals surface area contributed by atoms with Gasteiger partial charge in [0.25, 0.3) is 0 Å². The van der Waals surface area contributed by atoms with Crippen molar-refractivity contribution < 1.29 is 4.39 Å². The average Bonchev–Trinajstić information content (AvgIpc) is 2.80. The van der Waals surface area contributed by atoms with Crippen LogP contribution < -0.4 is 0 Å². The molecule has 0 aromatic heterocycles. The van der Waals surface area contributed by atoms with Crippen molar-refractivity contribution in [3.8, 4) is 0 Å². The highest BCUT2D eigenvalue weighted by Crippen LogP contribution is 2.50.